The average Bonchev–Trinajstić information content (AvgIpc) is 3.12. The van der Waals surface area contributed by atoms with E-state index in [0.29, 0.717) is 23.7 Å². The fourth-order valence-corrected chi connectivity index (χ4v) is 6.00. The molecule has 9 heteroatoms. The summed E-state index contributed by atoms with van der Waals surface area (Å²) >= 11 is 3.38. The Morgan fingerprint density at radius 2 is 1.97 bits per heavy atom. The summed E-state index contributed by atoms with van der Waals surface area (Å²) < 4.78 is 12.2. The van der Waals surface area contributed by atoms with Crippen LogP contribution in [0.15, 0.2) is 16.5 Å². The molecule has 0 aliphatic carbocycles. The lowest BCUT2D eigenvalue weighted by molar-refractivity contribution is 0.0635. The van der Waals surface area contributed by atoms with Gasteiger partial charge in [0.1, 0.15) is 11.4 Å². The van der Waals surface area contributed by atoms with Crippen LogP contribution in [-0.4, -0.2) is 47.0 Å². The highest BCUT2D eigenvalue weighted by atomic mass is 32.2. The maximum Gasteiger partial charge on any atom is 0.413 e. The Kier molecular flexibility index (Phi) is 6.46. The molecule has 31 heavy (non-hydrogen) atoms. The van der Waals surface area contributed by atoms with Crippen molar-refractivity contribution in [3.63, 3.8) is 0 Å². The van der Waals surface area contributed by atoms with Crippen LogP contribution in [0.25, 0.3) is 0 Å². The van der Waals surface area contributed by atoms with Gasteiger partial charge >= 0.3 is 6.09 Å². The number of aryl methyl sites for hydroxylation is 2. The number of hydrogen-bond donors (Lipinski definition) is 1. The Labute approximate surface area is 191 Å². The van der Waals surface area contributed by atoms with E-state index in [0.717, 1.165) is 47.5 Å². The Morgan fingerprint density at radius 3 is 2.58 bits per heavy atom. The third-order valence-corrected chi connectivity index (χ3v) is 7.63. The zero-order valence-electron chi connectivity index (χ0n) is 18.7. The van der Waals surface area contributed by atoms with Gasteiger partial charge in [0.05, 0.1) is 36.7 Å². The predicted octanol–water partition coefficient (Wildman–Crippen LogP) is 5.16. The maximum atomic E-state index is 12.4. The second kappa shape index (κ2) is 8.96. The molecule has 2 fully saturated rings. The van der Waals surface area contributed by atoms with E-state index in [2.05, 4.69) is 28.2 Å². The summed E-state index contributed by atoms with van der Waals surface area (Å²) in [6.07, 6.45) is 1.76. The number of thioether (sulfide) groups is 1. The maximum absolute atomic E-state index is 12.4. The number of nitrogens with zero attached hydrogens (tertiary/aromatic N) is 3. The van der Waals surface area contributed by atoms with Crippen LogP contribution in [0.4, 0.5) is 16.3 Å². The van der Waals surface area contributed by atoms with Crippen LogP contribution in [0.1, 0.15) is 49.9 Å². The van der Waals surface area contributed by atoms with Crippen LogP contribution in [0.3, 0.4) is 0 Å². The van der Waals surface area contributed by atoms with Crippen molar-refractivity contribution in [1.82, 2.24) is 9.97 Å². The monoisotopic (exact) mass is 462 g/mol. The number of fused-ring (bicyclic) bond motifs is 2. The number of rotatable bonds is 5. The number of carbonyl (C=O) groups excluding carboxylic acids is 1. The smallest absolute Gasteiger partial charge is 0.413 e. The molecule has 0 saturated carbocycles. The molecule has 2 atom stereocenters. The largest absolute Gasteiger partial charge is 0.444 e. The van der Waals surface area contributed by atoms with Gasteiger partial charge in [-0.1, -0.05) is 11.8 Å². The van der Waals surface area contributed by atoms with Gasteiger partial charge in [-0.2, -0.15) is 0 Å². The van der Waals surface area contributed by atoms with Gasteiger partial charge in [-0.3, -0.25) is 5.32 Å². The van der Waals surface area contributed by atoms with Crippen LogP contribution in [0.5, 0.6) is 0 Å². The molecule has 2 aliphatic rings. The summed E-state index contributed by atoms with van der Waals surface area (Å²) in [5.74, 6) is 1.20. The SMILES string of the molecule is Cc1nc(SCc2cc(N3C4CCC3COC4)cc(NC(=O)OC(C)(C)C)n2)sc1C. The summed E-state index contributed by atoms with van der Waals surface area (Å²) in [5.41, 5.74) is 2.50. The first kappa shape index (κ1) is 22.4. The quantitative estimate of drug-likeness (QED) is 0.615. The minimum Gasteiger partial charge on any atom is -0.444 e. The lowest BCUT2D eigenvalue weighted by atomic mass is 10.2. The molecule has 168 valence electrons. The number of morpholine rings is 1. The third kappa shape index (κ3) is 5.51. The van der Waals surface area contributed by atoms with Crippen LogP contribution in [0.2, 0.25) is 0 Å². The van der Waals surface area contributed by atoms with Crippen molar-refractivity contribution in [3.05, 3.63) is 28.4 Å². The van der Waals surface area contributed by atoms with E-state index in [1.165, 1.54) is 4.88 Å². The van der Waals surface area contributed by atoms with Crippen molar-refractivity contribution in [3.8, 4) is 0 Å². The van der Waals surface area contributed by atoms with Crippen molar-refractivity contribution >= 4 is 40.7 Å². The molecule has 2 aliphatic heterocycles. The molecule has 2 saturated heterocycles. The van der Waals surface area contributed by atoms with Crippen LogP contribution >= 0.6 is 23.1 Å². The van der Waals surface area contributed by atoms with E-state index in [9.17, 15) is 4.79 Å². The van der Waals surface area contributed by atoms with Crippen molar-refractivity contribution in [1.29, 1.82) is 0 Å². The Bertz CT molecular complexity index is 921. The number of anilines is 2. The summed E-state index contributed by atoms with van der Waals surface area (Å²) in [4.78, 5) is 25.4. The molecule has 0 aromatic carbocycles. The summed E-state index contributed by atoms with van der Waals surface area (Å²) in [6, 6.07) is 4.84. The zero-order chi connectivity index (χ0) is 22.2. The molecule has 4 rings (SSSR count). The van der Waals surface area contributed by atoms with E-state index in [4.69, 9.17) is 14.5 Å². The first-order valence-corrected chi connectivity index (χ1v) is 12.4. The van der Waals surface area contributed by atoms with Crippen molar-refractivity contribution < 1.29 is 14.3 Å². The topological polar surface area (TPSA) is 76.6 Å². The first-order chi connectivity index (χ1) is 14.7. The van der Waals surface area contributed by atoms with E-state index in [1.54, 1.807) is 23.1 Å². The molecular formula is C22H30N4O3S2. The van der Waals surface area contributed by atoms with Gasteiger partial charge in [-0.15, -0.1) is 11.3 Å². The van der Waals surface area contributed by atoms with E-state index < -0.39 is 11.7 Å². The molecule has 0 radical (unpaired) electrons. The van der Waals surface area contributed by atoms with Gasteiger partial charge in [-0.05, 0) is 53.5 Å². The van der Waals surface area contributed by atoms with E-state index in [-0.39, 0.29) is 0 Å². The highest BCUT2D eigenvalue weighted by Crippen LogP contribution is 2.36. The Balaban J connectivity index is 1.57. The molecule has 1 N–H and O–H groups in total. The zero-order valence-corrected chi connectivity index (χ0v) is 20.4. The summed E-state index contributed by atoms with van der Waals surface area (Å²) in [5, 5.41) is 2.83. The molecule has 7 nitrogen and oxygen atoms in total. The molecule has 2 unspecified atom stereocenters. The second-order valence-corrected chi connectivity index (χ2v) is 11.5. The van der Waals surface area contributed by atoms with Crippen LogP contribution < -0.4 is 10.2 Å². The molecule has 2 aromatic heterocycles. The van der Waals surface area contributed by atoms with Gasteiger partial charge in [0.2, 0.25) is 0 Å². The number of pyridine rings is 1. The van der Waals surface area contributed by atoms with Crippen molar-refractivity contribution in [2.24, 2.45) is 0 Å². The van der Waals surface area contributed by atoms with E-state index in [1.807, 2.05) is 33.8 Å². The molecule has 1 amide bonds. The molecule has 0 spiro atoms. The minimum atomic E-state index is -0.565. The molecular weight excluding hydrogens is 432 g/mol. The Hall–Kier alpha value is -1.84. The van der Waals surface area contributed by atoms with Gasteiger partial charge in [0.15, 0.2) is 4.34 Å². The average molecular weight is 463 g/mol. The lowest BCUT2D eigenvalue weighted by Gasteiger charge is -2.37. The van der Waals surface area contributed by atoms with Gasteiger partial charge < -0.3 is 14.4 Å². The van der Waals surface area contributed by atoms with Crippen molar-refractivity contribution in [2.75, 3.05) is 23.4 Å². The summed E-state index contributed by atoms with van der Waals surface area (Å²) in [7, 11) is 0. The minimum absolute atomic E-state index is 0.375. The van der Waals surface area contributed by atoms with Crippen LogP contribution in [0, 0.1) is 13.8 Å². The molecule has 4 heterocycles. The standard InChI is InChI=1S/C22H30N4O3S2/c1-13-14(2)31-21(23-13)30-12-15-8-18(26-16-6-7-17(26)11-28-10-16)9-19(24-15)25-20(27)29-22(3,4)5/h8-9,16-17H,6-7,10-12H2,1-5H3,(H,24,25,27). The fraction of sp³-hybridized carbons (Fsp3) is 0.591. The molecule has 2 aromatic rings. The van der Waals surface area contributed by atoms with Crippen LogP contribution in [-0.2, 0) is 15.2 Å². The normalized spacial score (nSPS) is 20.7. The highest BCUT2D eigenvalue weighted by molar-refractivity contribution is 8.00. The number of hydrogen-bond acceptors (Lipinski definition) is 8. The number of amides is 1. The number of aromatic nitrogens is 2. The summed E-state index contributed by atoms with van der Waals surface area (Å²) in [6.45, 7) is 11.2. The van der Waals surface area contributed by atoms with Gasteiger partial charge in [0.25, 0.3) is 0 Å². The second-order valence-electron chi connectivity index (χ2n) is 9.07. The number of nitrogens with one attached hydrogen (secondary N) is 1. The van der Waals surface area contributed by atoms with Crippen molar-refractivity contribution in [2.45, 2.75) is 75.2 Å². The molecule has 2 bridgehead atoms. The van der Waals surface area contributed by atoms with Gasteiger partial charge in [0, 0.05) is 22.4 Å². The predicted molar refractivity (Wildman–Crippen MR) is 125 cm³/mol. The number of carbonyl (C=O) groups is 1. The third-order valence-electron chi connectivity index (χ3n) is 5.38. The number of thiazole rings is 1. The lowest BCUT2D eigenvalue weighted by Crippen LogP contribution is -2.46. The first-order valence-electron chi connectivity index (χ1n) is 10.6. The fourth-order valence-electron chi connectivity index (χ4n) is 3.96. The number of ether oxygens (including phenoxy) is 2. The van der Waals surface area contributed by atoms with Gasteiger partial charge in [-0.25, -0.2) is 14.8 Å². The van der Waals surface area contributed by atoms with E-state index >= 15 is 0 Å². The highest BCUT2D eigenvalue weighted by Gasteiger charge is 2.37. The Morgan fingerprint density at radius 1 is 1.26 bits per heavy atom.